The number of phenols is 1. The molecule has 0 unspecified atom stereocenters. The van der Waals surface area contributed by atoms with Gasteiger partial charge in [0.15, 0.2) is 11.6 Å². The van der Waals surface area contributed by atoms with Gasteiger partial charge in [0.05, 0.1) is 5.02 Å². The zero-order chi connectivity index (χ0) is 14.0. The lowest BCUT2D eigenvalue weighted by Crippen LogP contribution is -2.12. The number of nitrogens with one attached hydrogen (secondary N) is 1. The van der Waals surface area contributed by atoms with Crippen molar-refractivity contribution in [3.63, 3.8) is 0 Å². The maximum Gasteiger partial charge on any atom is 0.255 e. The van der Waals surface area contributed by atoms with Crippen LogP contribution >= 0.6 is 34.2 Å². The number of hydrogen-bond acceptors (Lipinski definition) is 2. The van der Waals surface area contributed by atoms with Gasteiger partial charge < -0.3 is 10.4 Å². The molecule has 3 nitrogen and oxygen atoms in total. The summed E-state index contributed by atoms with van der Waals surface area (Å²) in [5, 5.41) is 12.1. The molecule has 0 radical (unpaired) electrons. The molecule has 0 aliphatic heterocycles. The van der Waals surface area contributed by atoms with Crippen molar-refractivity contribution in [1.29, 1.82) is 0 Å². The molecule has 0 heterocycles. The zero-order valence-electron chi connectivity index (χ0n) is 9.45. The number of carbonyl (C=O) groups is 1. The molecule has 0 bridgehead atoms. The lowest BCUT2D eigenvalue weighted by Gasteiger charge is -2.07. The van der Waals surface area contributed by atoms with Crippen LogP contribution in [0.15, 0.2) is 36.4 Å². The third-order valence-electron chi connectivity index (χ3n) is 2.39. The van der Waals surface area contributed by atoms with E-state index in [0.717, 1.165) is 9.64 Å². The Labute approximate surface area is 127 Å². The summed E-state index contributed by atoms with van der Waals surface area (Å²) in [6, 6.07) is 8.50. The summed E-state index contributed by atoms with van der Waals surface area (Å²) in [4.78, 5) is 11.9. The highest BCUT2D eigenvalue weighted by Crippen LogP contribution is 2.22. The molecule has 0 atom stereocenters. The topological polar surface area (TPSA) is 49.3 Å². The summed E-state index contributed by atoms with van der Waals surface area (Å²) < 4.78 is 14.0. The van der Waals surface area contributed by atoms with Crippen LogP contribution in [0.3, 0.4) is 0 Å². The van der Waals surface area contributed by atoms with Gasteiger partial charge in [-0.05, 0) is 52.9 Å². The van der Waals surface area contributed by atoms with E-state index in [0.29, 0.717) is 10.6 Å². The molecular weight excluding hydrogens is 384 g/mol. The fourth-order valence-electron chi connectivity index (χ4n) is 1.43. The summed E-state index contributed by atoms with van der Waals surface area (Å²) in [6.07, 6.45) is 0. The van der Waals surface area contributed by atoms with Crippen molar-refractivity contribution in [2.45, 2.75) is 0 Å². The van der Waals surface area contributed by atoms with Gasteiger partial charge in [0.25, 0.3) is 5.91 Å². The molecule has 2 N–H and O–H groups in total. The summed E-state index contributed by atoms with van der Waals surface area (Å²) in [7, 11) is 0. The summed E-state index contributed by atoms with van der Waals surface area (Å²) >= 11 is 7.98. The van der Waals surface area contributed by atoms with Crippen molar-refractivity contribution in [3.8, 4) is 5.75 Å². The number of carbonyl (C=O) groups excluding carboxylic acids is 1. The van der Waals surface area contributed by atoms with Crippen LogP contribution in [0.1, 0.15) is 10.4 Å². The number of halogens is 3. The van der Waals surface area contributed by atoms with Crippen LogP contribution in [0.5, 0.6) is 5.75 Å². The van der Waals surface area contributed by atoms with E-state index in [1.54, 1.807) is 12.1 Å². The van der Waals surface area contributed by atoms with E-state index in [2.05, 4.69) is 27.9 Å². The second-order valence-electron chi connectivity index (χ2n) is 3.75. The predicted octanol–water partition coefficient (Wildman–Crippen LogP) is 4.04. The molecule has 19 heavy (non-hydrogen) atoms. The van der Waals surface area contributed by atoms with Gasteiger partial charge in [-0.1, -0.05) is 11.6 Å². The van der Waals surface area contributed by atoms with Crippen molar-refractivity contribution in [2.24, 2.45) is 0 Å². The molecular formula is C13H8ClFINO2. The quantitative estimate of drug-likeness (QED) is 0.600. The first-order valence-corrected chi connectivity index (χ1v) is 6.68. The van der Waals surface area contributed by atoms with Crippen LogP contribution < -0.4 is 5.32 Å². The minimum Gasteiger partial charge on any atom is -0.505 e. The standard InChI is InChI=1S/C13H8ClFINO2/c14-9-5-7(1-3-11(9)16)13(19)17-8-2-4-12(18)10(15)6-8/h1-6,18H,(H,17,19). The summed E-state index contributed by atoms with van der Waals surface area (Å²) in [5.41, 5.74) is 0.633. The number of amides is 1. The molecule has 0 aliphatic carbocycles. The van der Waals surface area contributed by atoms with E-state index < -0.39 is 17.5 Å². The first kappa shape index (κ1) is 14.1. The fourth-order valence-corrected chi connectivity index (χ4v) is 1.94. The van der Waals surface area contributed by atoms with Gasteiger partial charge in [0, 0.05) is 20.9 Å². The average molecular weight is 392 g/mol. The first-order chi connectivity index (χ1) is 8.97. The van der Waals surface area contributed by atoms with E-state index in [1.165, 1.54) is 18.2 Å². The highest BCUT2D eigenvalue weighted by molar-refractivity contribution is 14.1. The summed E-state index contributed by atoms with van der Waals surface area (Å²) in [6.45, 7) is 0. The van der Waals surface area contributed by atoms with E-state index >= 15 is 0 Å². The van der Waals surface area contributed by atoms with Crippen LogP contribution in [0.4, 0.5) is 10.1 Å². The van der Waals surface area contributed by atoms with Crippen LogP contribution in [-0.2, 0) is 0 Å². The van der Waals surface area contributed by atoms with E-state index in [-0.39, 0.29) is 5.69 Å². The van der Waals surface area contributed by atoms with Crippen LogP contribution in [-0.4, -0.2) is 11.0 Å². The Morgan fingerprint density at radius 1 is 1.26 bits per heavy atom. The molecule has 0 fully saturated rings. The molecule has 0 saturated heterocycles. The monoisotopic (exact) mass is 391 g/mol. The first-order valence-electron chi connectivity index (χ1n) is 5.22. The lowest BCUT2D eigenvalue weighted by molar-refractivity contribution is 0.102. The highest BCUT2D eigenvalue weighted by atomic mass is 127. The molecule has 98 valence electrons. The Kier molecular flexibility index (Phi) is 4.26. The number of aromatic hydroxyl groups is 1. The van der Waals surface area contributed by atoms with Crippen LogP contribution in [0.2, 0.25) is 5.02 Å². The molecule has 2 aromatic rings. The van der Waals surface area contributed by atoms with Gasteiger partial charge in [0.1, 0.15) is 0 Å². The van der Waals surface area contributed by atoms with Gasteiger partial charge in [-0.25, -0.2) is 4.39 Å². The lowest BCUT2D eigenvalue weighted by atomic mass is 10.2. The second kappa shape index (κ2) is 5.75. The number of hydrogen-bond donors (Lipinski definition) is 2. The van der Waals surface area contributed by atoms with Gasteiger partial charge >= 0.3 is 0 Å². The third kappa shape index (κ3) is 3.36. The largest absolute Gasteiger partial charge is 0.505 e. The maximum absolute atomic E-state index is 13.1. The Balaban J connectivity index is 2.20. The van der Waals surface area contributed by atoms with Gasteiger partial charge in [-0.15, -0.1) is 0 Å². The van der Waals surface area contributed by atoms with Crippen molar-refractivity contribution < 1.29 is 14.3 Å². The fraction of sp³-hybridized carbons (Fsp3) is 0. The van der Waals surface area contributed by atoms with Crippen LogP contribution in [0, 0.1) is 9.39 Å². The van der Waals surface area contributed by atoms with E-state index in [4.69, 9.17) is 16.7 Å². The molecule has 2 aromatic carbocycles. The maximum atomic E-state index is 13.1. The number of benzene rings is 2. The molecule has 6 heteroatoms. The zero-order valence-corrected chi connectivity index (χ0v) is 12.4. The number of anilines is 1. The van der Waals surface area contributed by atoms with Crippen molar-refractivity contribution in [1.82, 2.24) is 0 Å². The Hall–Kier alpha value is -1.34. The van der Waals surface area contributed by atoms with Crippen molar-refractivity contribution in [2.75, 3.05) is 5.32 Å². The van der Waals surface area contributed by atoms with Gasteiger partial charge in [-0.2, -0.15) is 0 Å². The smallest absolute Gasteiger partial charge is 0.255 e. The Bertz CT molecular complexity index is 649. The van der Waals surface area contributed by atoms with E-state index in [9.17, 15) is 9.18 Å². The minimum atomic E-state index is -0.793. The molecule has 0 aromatic heterocycles. The Morgan fingerprint density at radius 3 is 2.63 bits per heavy atom. The molecule has 0 spiro atoms. The van der Waals surface area contributed by atoms with Gasteiger partial charge in [-0.3, -0.25) is 4.79 Å². The van der Waals surface area contributed by atoms with Crippen molar-refractivity contribution in [3.05, 3.63) is 56.4 Å². The summed E-state index contributed by atoms with van der Waals surface area (Å²) in [5.74, 6) is -1.66. The average Bonchev–Trinajstić information content (AvgIpc) is 2.37. The van der Waals surface area contributed by atoms with E-state index in [1.807, 2.05) is 0 Å². The van der Waals surface area contributed by atoms with Crippen LogP contribution in [0.25, 0.3) is 0 Å². The second-order valence-corrected chi connectivity index (χ2v) is 5.32. The minimum absolute atomic E-state index is 0.259. The highest BCUT2D eigenvalue weighted by Gasteiger charge is 2.09. The number of rotatable bonds is 2. The molecule has 1 amide bonds. The Morgan fingerprint density at radius 2 is 2.00 bits per heavy atom. The van der Waals surface area contributed by atoms with Crippen molar-refractivity contribution >= 4 is 45.8 Å². The number of phenolic OH excluding ortho intramolecular Hbond substituents is 1. The molecule has 0 aliphatic rings. The normalized spacial score (nSPS) is 10.3. The molecule has 0 saturated carbocycles. The SMILES string of the molecule is O=C(Nc1ccc(O)c(F)c1)c1ccc(I)c(Cl)c1. The predicted molar refractivity (Wildman–Crippen MR) is 80.2 cm³/mol. The third-order valence-corrected chi connectivity index (χ3v) is 3.96. The molecule has 2 rings (SSSR count). The van der Waals surface area contributed by atoms with Gasteiger partial charge in [0.2, 0.25) is 0 Å².